The van der Waals surface area contributed by atoms with Crippen molar-refractivity contribution in [3.05, 3.63) is 78.6 Å². The third kappa shape index (κ3) is 2.75. The molecule has 3 heteroatoms. The highest BCUT2D eigenvalue weighted by molar-refractivity contribution is 5.72. The standard InChI is InChI=1S/C18H13N3/c1-2-15-9-11-16(12-10-15)21(17-7-3-5-13-19-17)18-8-4-6-14-20-18/h1,3-14H. The van der Waals surface area contributed by atoms with Crippen LogP contribution >= 0.6 is 0 Å². The Hall–Kier alpha value is -3.12. The van der Waals surface area contributed by atoms with E-state index in [-0.39, 0.29) is 0 Å². The first-order valence-corrected chi connectivity index (χ1v) is 6.57. The maximum atomic E-state index is 5.41. The molecular weight excluding hydrogens is 258 g/mol. The van der Waals surface area contributed by atoms with Crippen molar-refractivity contribution in [3.8, 4) is 12.3 Å². The summed E-state index contributed by atoms with van der Waals surface area (Å²) in [5, 5.41) is 0. The van der Waals surface area contributed by atoms with Gasteiger partial charge in [0.15, 0.2) is 0 Å². The third-order valence-electron chi connectivity index (χ3n) is 3.05. The van der Waals surface area contributed by atoms with Gasteiger partial charge in [-0.25, -0.2) is 9.97 Å². The summed E-state index contributed by atoms with van der Waals surface area (Å²) in [5.41, 5.74) is 1.81. The molecule has 0 aliphatic carbocycles. The molecule has 0 spiro atoms. The largest absolute Gasteiger partial charge is 0.279 e. The van der Waals surface area contributed by atoms with E-state index in [1.54, 1.807) is 12.4 Å². The smallest absolute Gasteiger partial charge is 0.138 e. The molecule has 0 saturated carbocycles. The van der Waals surface area contributed by atoms with Crippen molar-refractivity contribution in [3.63, 3.8) is 0 Å². The number of terminal acetylenes is 1. The van der Waals surface area contributed by atoms with Gasteiger partial charge in [-0.15, -0.1) is 6.42 Å². The van der Waals surface area contributed by atoms with Crippen molar-refractivity contribution >= 4 is 17.3 Å². The molecule has 2 heterocycles. The van der Waals surface area contributed by atoms with Gasteiger partial charge >= 0.3 is 0 Å². The van der Waals surface area contributed by atoms with Crippen LogP contribution in [0.15, 0.2) is 73.1 Å². The van der Waals surface area contributed by atoms with Crippen LogP contribution in [0.4, 0.5) is 17.3 Å². The van der Waals surface area contributed by atoms with Crippen LogP contribution in [-0.2, 0) is 0 Å². The van der Waals surface area contributed by atoms with Gasteiger partial charge in [-0.05, 0) is 48.5 Å². The van der Waals surface area contributed by atoms with E-state index in [1.165, 1.54) is 0 Å². The van der Waals surface area contributed by atoms with Crippen molar-refractivity contribution in [1.29, 1.82) is 0 Å². The van der Waals surface area contributed by atoms with Crippen LogP contribution in [0.3, 0.4) is 0 Å². The molecule has 0 atom stereocenters. The minimum Gasteiger partial charge on any atom is -0.279 e. The SMILES string of the molecule is C#Cc1ccc(N(c2ccccn2)c2ccccn2)cc1. The van der Waals surface area contributed by atoms with Crippen LogP contribution in [0, 0.1) is 12.3 Å². The lowest BCUT2D eigenvalue weighted by atomic mass is 10.2. The molecule has 3 nitrogen and oxygen atoms in total. The molecule has 1 aromatic carbocycles. The Morgan fingerprint density at radius 3 is 1.76 bits per heavy atom. The van der Waals surface area contributed by atoms with Crippen molar-refractivity contribution in [1.82, 2.24) is 9.97 Å². The fourth-order valence-corrected chi connectivity index (χ4v) is 2.06. The van der Waals surface area contributed by atoms with Crippen LogP contribution in [0.5, 0.6) is 0 Å². The Labute approximate surface area is 123 Å². The Balaban J connectivity index is 2.10. The molecule has 0 aliphatic rings. The quantitative estimate of drug-likeness (QED) is 0.676. The summed E-state index contributed by atoms with van der Waals surface area (Å²) in [6.07, 6.45) is 8.94. The number of aromatic nitrogens is 2. The monoisotopic (exact) mass is 271 g/mol. The zero-order valence-electron chi connectivity index (χ0n) is 11.3. The zero-order valence-corrected chi connectivity index (χ0v) is 11.3. The van der Waals surface area contributed by atoms with Crippen LogP contribution in [0.1, 0.15) is 5.56 Å². The number of anilines is 3. The average molecular weight is 271 g/mol. The number of rotatable bonds is 3. The van der Waals surface area contributed by atoms with E-state index >= 15 is 0 Å². The van der Waals surface area contributed by atoms with Crippen LogP contribution in [0.25, 0.3) is 0 Å². The van der Waals surface area contributed by atoms with Gasteiger partial charge in [0.05, 0.1) is 0 Å². The summed E-state index contributed by atoms with van der Waals surface area (Å²) >= 11 is 0. The summed E-state index contributed by atoms with van der Waals surface area (Å²) in [4.78, 5) is 10.8. The number of nitrogens with zero attached hydrogens (tertiary/aromatic N) is 3. The first-order chi connectivity index (χ1) is 10.4. The number of hydrogen-bond donors (Lipinski definition) is 0. The molecule has 0 bridgehead atoms. The van der Waals surface area contributed by atoms with Gasteiger partial charge < -0.3 is 0 Å². The van der Waals surface area contributed by atoms with Gasteiger partial charge in [0, 0.05) is 23.6 Å². The molecule has 0 radical (unpaired) electrons. The van der Waals surface area contributed by atoms with E-state index in [9.17, 15) is 0 Å². The summed E-state index contributed by atoms with van der Waals surface area (Å²) in [7, 11) is 0. The van der Waals surface area contributed by atoms with E-state index in [2.05, 4.69) is 15.9 Å². The Morgan fingerprint density at radius 1 is 0.762 bits per heavy atom. The first kappa shape index (κ1) is 12.9. The van der Waals surface area contributed by atoms with E-state index < -0.39 is 0 Å². The molecule has 0 N–H and O–H groups in total. The third-order valence-corrected chi connectivity index (χ3v) is 3.05. The van der Waals surface area contributed by atoms with Gasteiger partial charge in [0.25, 0.3) is 0 Å². The maximum absolute atomic E-state index is 5.41. The van der Waals surface area contributed by atoms with Gasteiger partial charge in [0.1, 0.15) is 11.6 Å². The lowest BCUT2D eigenvalue weighted by molar-refractivity contribution is 1.12. The van der Waals surface area contributed by atoms with Gasteiger partial charge in [0.2, 0.25) is 0 Å². The summed E-state index contributed by atoms with van der Waals surface area (Å²) in [6.45, 7) is 0. The second-order valence-electron chi connectivity index (χ2n) is 4.40. The number of pyridine rings is 2. The molecule has 100 valence electrons. The highest BCUT2D eigenvalue weighted by atomic mass is 15.2. The molecule has 2 aromatic heterocycles. The Morgan fingerprint density at radius 2 is 1.33 bits per heavy atom. The lowest BCUT2D eigenvalue weighted by Crippen LogP contribution is -2.12. The van der Waals surface area contributed by atoms with E-state index in [0.29, 0.717) is 0 Å². The lowest BCUT2D eigenvalue weighted by Gasteiger charge is -2.22. The molecule has 0 amide bonds. The molecule has 0 saturated heterocycles. The number of hydrogen-bond acceptors (Lipinski definition) is 3. The summed E-state index contributed by atoms with van der Waals surface area (Å²) < 4.78 is 0. The molecule has 3 aromatic rings. The maximum Gasteiger partial charge on any atom is 0.138 e. The Kier molecular flexibility index (Phi) is 3.62. The van der Waals surface area contributed by atoms with Gasteiger partial charge in [-0.2, -0.15) is 0 Å². The van der Waals surface area contributed by atoms with E-state index in [1.807, 2.05) is 65.6 Å². The summed E-state index contributed by atoms with van der Waals surface area (Å²) in [6, 6.07) is 19.3. The second-order valence-corrected chi connectivity index (χ2v) is 4.40. The summed E-state index contributed by atoms with van der Waals surface area (Å²) in [5.74, 6) is 4.24. The molecule has 0 fully saturated rings. The molecular formula is C18H13N3. The highest BCUT2D eigenvalue weighted by Gasteiger charge is 2.13. The van der Waals surface area contributed by atoms with Crippen LogP contribution < -0.4 is 4.90 Å². The van der Waals surface area contributed by atoms with Crippen molar-refractivity contribution in [2.24, 2.45) is 0 Å². The molecule has 0 aliphatic heterocycles. The zero-order chi connectivity index (χ0) is 14.5. The highest BCUT2D eigenvalue weighted by Crippen LogP contribution is 2.31. The van der Waals surface area contributed by atoms with Gasteiger partial charge in [-0.1, -0.05) is 18.1 Å². The van der Waals surface area contributed by atoms with Crippen LogP contribution in [0.2, 0.25) is 0 Å². The van der Waals surface area contributed by atoms with Gasteiger partial charge in [-0.3, -0.25) is 4.90 Å². The Bertz CT molecular complexity index is 704. The van der Waals surface area contributed by atoms with Crippen molar-refractivity contribution in [2.75, 3.05) is 4.90 Å². The minimum absolute atomic E-state index is 0.810. The number of benzene rings is 1. The topological polar surface area (TPSA) is 29.0 Å². The molecule has 0 unspecified atom stereocenters. The fraction of sp³-hybridized carbons (Fsp3) is 0. The van der Waals surface area contributed by atoms with E-state index in [0.717, 1.165) is 22.9 Å². The first-order valence-electron chi connectivity index (χ1n) is 6.57. The van der Waals surface area contributed by atoms with Crippen molar-refractivity contribution < 1.29 is 0 Å². The predicted molar refractivity (Wildman–Crippen MR) is 84.7 cm³/mol. The minimum atomic E-state index is 0.810. The fourth-order valence-electron chi connectivity index (χ4n) is 2.06. The normalized spacial score (nSPS) is 9.86. The van der Waals surface area contributed by atoms with Crippen molar-refractivity contribution in [2.45, 2.75) is 0 Å². The molecule has 3 rings (SSSR count). The second kappa shape index (κ2) is 5.89. The van der Waals surface area contributed by atoms with Crippen LogP contribution in [-0.4, -0.2) is 9.97 Å². The predicted octanol–water partition coefficient (Wildman–Crippen LogP) is 3.93. The molecule has 21 heavy (non-hydrogen) atoms. The van der Waals surface area contributed by atoms with E-state index in [4.69, 9.17) is 6.42 Å². The average Bonchev–Trinajstić information content (AvgIpc) is 2.58.